The fourth-order valence-corrected chi connectivity index (χ4v) is 2.80. The summed E-state index contributed by atoms with van der Waals surface area (Å²) >= 11 is 0. The molecule has 1 amide bonds. The second kappa shape index (κ2) is 7.79. The molecule has 1 heterocycles. The first kappa shape index (κ1) is 17.7. The summed E-state index contributed by atoms with van der Waals surface area (Å²) in [5, 5.41) is 3.22. The third-order valence-electron chi connectivity index (χ3n) is 4.13. The monoisotopic (exact) mass is 329 g/mol. The molecule has 4 nitrogen and oxygen atoms in total. The van der Waals surface area contributed by atoms with Crippen molar-refractivity contribution in [3.8, 4) is 0 Å². The molecule has 128 valence electrons. The van der Waals surface area contributed by atoms with Gasteiger partial charge in [-0.05, 0) is 37.9 Å². The van der Waals surface area contributed by atoms with E-state index in [4.69, 9.17) is 5.73 Å². The minimum Gasteiger partial charge on any atom is -0.339 e. The molecule has 0 aliphatic carbocycles. The average molecular weight is 329 g/mol. The molecule has 2 rings (SSSR count). The normalized spacial score (nSPS) is 20.2. The Morgan fingerprint density at radius 1 is 1.30 bits per heavy atom. The lowest BCUT2D eigenvalue weighted by Gasteiger charge is -2.28. The van der Waals surface area contributed by atoms with Crippen molar-refractivity contribution in [1.29, 1.82) is 0 Å². The molecule has 1 aliphatic heterocycles. The third-order valence-corrected chi connectivity index (χ3v) is 4.13. The van der Waals surface area contributed by atoms with E-state index in [1.807, 2.05) is 6.92 Å². The van der Waals surface area contributed by atoms with E-state index in [1.165, 1.54) is 0 Å². The van der Waals surface area contributed by atoms with Gasteiger partial charge in [-0.25, -0.2) is 13.2 Å². The van der Waals surface area contributed by atoms with Gasteiger partial charge in [-0.15, -0.1) is 0 Å². The molecule has 23 heavy (non-hydrogen) atoms. The van der Waals surface area contributed by atoms with Crippen LogP contribution in [0.5, 0.6) is 0 Å². The van der Waals surface area contributed by atoms with Crippen LogP contribution in [0.1, 0.15) is 25.3 Å². The van der Waals surface area contributed by atoms with Gasteiger partial charge in [0, 0.05) is 37.7 Å². The number of rotatable bonds is 4. The summed E-state index contributed by atoms with van der Waals surface area (Å²) < 4.78 is 39.7. The highest BCUT2D eigenvalue weighted by atomic mass is 19.2. The highest BCUT2D eigenvalue weighted by Gasteiger charge is 2.24. The minimum absolute atomic E-state index is 0.0186. The SMILES string of the molecule is CC1CCNCCN1C(=O)C[C@H](N)Cc1cc(F)c(F)cc1F. The van der Waals surface area contributed by atoms with Crippen LogP contribution in [0, 0.1) is 17.5 Å². The van der Waals surface area contributed by atoms with Crippen molar-refractivity contribution in [2.24, 2.45) is 5.73 Å². The predicted molar refractivity (Wildman–Crippen MR) is 81.3 cm³/mol. The fraction of sp³-hybridized carbons (Fsp3) is 0.562. The van der Waals surface area contributed by atoms with E-state index in [9.17, 15) is 18.0 Å². The van der Waals surface area contributed by atoms with E-state index in [2.05, 4.69) is 5.32 Å². The number of benzene rings is 1. The number of nitrogens with one attached hydrogen (secondary N) is 1. The molecular weight excluding hydrogens is 307 g/mol. The number of nitrogens with zero attached hydrogens (tertiary/aromatic N) is 1. The Morgan fingerprint density at radius 2 is 2.00 bits per heavy atom. The molecule has 7 heteroatoms. The minimum atomic E-state index is -1.23. The summed E-state index contributed by atoms with van der Waals surface area (Å²) in [6, 6.07) is 0.768. The van der Waals surface area contributed by atoms with Crippen LogP contribution in [0.3, 0.4) is 0 Å². The average Bonchev–Trinajstić information content (AvgIpc) is 2.69. The molecule has 1 saturated heterocycles. The Bertz CT molecular complexity index is 568. The van der Waals surface area contributed by atoms with Gasteiger partial charge in [0.25, 0.3) is 0 Å². The predicted octanol–water partition coefficient (Wildman–Crippen LogP) is 1.57. The van der Waals surface area contributed by atoms with Gasteiger partial charge in [0.15, 0.2) is 11.6 Å². The van der Waals surface area contributed by atoms with Crippen molar-refractivity contribution >= 4 is 5.91 Å². The van der Waals surface area contributed by atoms with Gasteiger partial charge in [-0.1, -0.05) is 0 Å². The second-order valence-electron chi connectivity index (χ2n) is 6.00. The lowest BCUT2D eigenvalue weighted by molar-refractivity contribution is -0.133. The number of hydrogen-bond acceptors (Lipinski definition) is 3. The quantitative estimate of drug-likeness (QED) is 0.825. The first-order valence-corrected chi connectivity index (χ1v) is 7.77. The van der Waals surface area contributed by atoms with Crippen LogP contribution in [0.4, 0.5) is 13.2 Å². The van der Waals surface area contributed by atoms with E-state index < -0.39 is 23.5 Å². The molecule has 0 bridgehead atoms. The number of nitrogens with two attached hydrogens (primary N) is 1. The van der Waals surface area contributed by atoms with Crippen molar-refractivity contribution in [2.75, 3.05) is 19.6 Å². The molecule has 1 aromatic rings. The van der Waals surface area contributed by atoms with Gasteiger partial charge in [-0.3, -0.25) is 4.79 Å². The lowest BCUT2D eigenvalue weighted by atomic mass is 10.0. The van der Waals surface area contributed by atoms with Crippen LogP contribution < -0.4 is 11.1 Å². The van der Waals surface area contributed by atoms with E-state index >= 15 is 0 Å². The summed E-state index contributed by atoms with van der Waals surface area (Å²) in [4.78, 5) is 14.1. The molecule has 0 aromatic heterocycles. The molecule has 0 saturated carbocycles. The Hall–Kier alpha value is -1.60. The Balaban J connectivity index is 1.97. The van der Waals surface area contributed by atoms with Gasteiger partial charge in [0.2, 0.25) is 5.91 Å². The zero-order chi connectivity index (χ0) is 17.0. The van der Waals surface area contributed by atoms with Crippen molar-refractivity contribution in [2.45, 2.75) is 38.3 Å². The summed E-state index contributed by atoms with van der Waals surface area (Å²) in [7, 11) is 0. The molecule has 0 spiro atoms. The van der Waals surface area contributed by atoms with Crippen molar-refractivity contribution in [3.63, 3.8) is 0 Å². The molecule has 2 atom stereocenters. The van der Waals surface area contributed by atoms with Gasteiger partial charge in [0.05, 0.1) is 0 Å². The number of amides is 1. The van der Waals surface area contributed by atoms with Crippen LogP contribution in [-0.4, -0.2) is 42.5 Å². The summed E-state index contributed by atoms with van der Waals surface area (Å²) in [6.45, 7) is 4.16. The molecule has 1 aliphatic rings. The van der Waals surface area contributed by atoms with Crippen LogP contribution in [0.25, 0.3) is 0 Å². The van der Waals surface area contributed by atoms with Crippen molar-refractivity contribution in [3.05, 3.63) is 35.1 Å². The summed E-state index contributed by atoms with van der Waals surface area (Å²) in [6.07, 6.45) is 0.886. The number of halogens is 3. The highest BCUT2D eigenvalue weighted by Crippen LogP contribution is 2.16. The first-order valence-electron chi connectivity index (χ1n) is 7.77. The molecule has 1 unspecified atom stereocenters. The maximum Gasteiger partial charge on any atom is 0.224 e. The molecular formula is C16H22F3N3O. The van der Waals surface area contributed by atoms with E-state index in [1.54, 1.807) is 4.90 Å². The first-order chi connectivity index (χ1) is 10.9. The molecule has 0 radical (unpaired) electrons. The number of hydrogen-bond donors (Lipinski definition) is 2. The summed E-state index contributed by atoms with van der Waals surface area (Å²) in [5.41, 5.74) is 5.89. The molecule has 1 fully saturated rings. The van der Waals surface area contributed by atoms with E-state index in [0.717, 1.165) is 25.6 Å². The van der Waals surface area contributed by atoms with Gasteiger partial charge in [0.1, 0.15) is 5.82 Å². The molecule has 3 N–H and O–H groups in total. The largest absolute Gasteiger partial charge is 0.339 e. The second-order valence-corrected chi connectivity index (χ2v) is 6.00. The van der Waals surface area contributed by atoms with Gasteiger partial charge >= 0.3 is 0 Å². The zero-order valence-electron chi connectivity index (χ0n) is 13.1. The van der Waals surface area contributed by atoms with Crippen LogP contribution >= 0.6 is 0 Å². The van der Waals surface area contributed by atoms with Crippen molar-refractivity contribution < 1.29 is 18.0 Å². The number of carbonyl (C=O) groups excluding carboxylic acids is 1. The Labute approximate surface area is 133 Å². The Morgan fingerprint density at radius 3 is 2.74 bits per heavy atom. The highest BCUT2D eigenvalue weighted by molar-refractivity contribution is 5.77. The maximum absolute atomic E-state index is 13.6. The fourth-order valence-electron chi connectivity index (χ4n) is 2.80. The summed E-state index contributed by atoms with van der Waals surface area (Å²) in [5.74, 6) is -3.30. The van der Waals surface area contributed by atoms with E-state index in [-0.39, 0.29) is 30.4 Å². The van der Waals surface area contributed by atoms with Gasteiger partial charge < -0.3 is 16.0 Å². The maximum atomic E-state index is 13.6. The van der Waals surface area contributed by atoms with Gasteiger partial charge in [-0.2, -0.15) is 0 Å². The number of carbonyl (C=O) groups is 1. The lowest BCUT2D eigenvalue weighted by Crippen LogP contribution is -2.42. The smallest absolute Gasteiger partial charge is 0.224 e. The zero-order valence-corrected chi connectivity index (χ0v) is 13.1. The molecule has 1 aromatic carbocycles. The Kier molecular flexibility index (Phi) is 6.01. The van der Waals surface area contributed by atoms with Crippen LogP contribution in [0.15, 0.2) is 12.1 Å². The van der Waals surface area contributed by atoms with Crippen LogP contribution in [-0.2, 0) is 11.2 Å². The van der Waals surface area contributed by atoms with Crippen LogP contribution in [0.2, 0.25) is 0 Å². The van der Waals surface area contributed by atoms with Crippen molar-refractivity contribution in [1.82, 2.24) is 10.2 Å². The third kappa shape index (κ3) is 4.68. The van der Waals surface area contributed by atoms with E-state index in [0.29, 0.717) is 12.6 Å². The topological polar surface area (TPSA) is 58.4 Å². The standard InChI is InChI=1S/C16H22F3N3O/c1-10-2-3-21-4-5-22(10)16(23)8-12(20)6-11-7-14(18)15(19)9-13(11)17/h7,9-10,12,21H,2-6,8,20H2,1H3/t10?,12-/m1/s1.